The summed E-state index contributed by atoms with van der Waals surface area (Å²) in [5, 5.41) is 9.77. The first-order chi connectivity index (χ1) is 11.3. The number of aliphatic hydroxyl groups is 1. The normalized spacial score (nSPS) is 28.0. The second-order valence-electron chi connectivity index (χ2n) is 7.62. The minimum atomic E-state index is -2.42. The van der Waals surface area contributed by atoms with Gasteiger partial charge in [-0.05, 0) is 50.5 Å². The van der Waals surface area contributed by atoms with E-state index in [9.17, 15) is 18.7 Å². The Morgan fingerprint density at radius 3 is 2.33 bits per heavy atom. The van der Waals surface area contributed by atoms with Crippen LogP contribution < -0.4 is 0 Å². The van der Waals surface area contributed by atoms with E-state index in [-0.39, 0.29) is 17.4 Å². The predicted octanol–water partition coefficient (Wildman–Crippen LogP) is 3.57. The summed E-state index contributed by atoms with van der Waals surface area (Å²) in [6, 6.07) is 6.58. The van der Waals surface area contributed by atoms with Crippen molar-refractivity contribution in [1.82, 2.24) is 4.90 Å². The second-order valence-corrected chi connectivity index (χ2v) is 7.62. The average Bonchev–Trinajstić information content (AvgIpc) is 2.53. The molecule has 0 radical (unpaired) electrons. The van der Waals surface area contributed by atoms with Crippen molar-refractivity contribution in [2.75, 3.05) is 13.1 Å². The van der Waals surface area contributed by atoms with Gasteiger partial charge >= 0.3 is 0 Å². The number of carbonyl (C=O) groups excluding carboxylic acids is 1. The summed E-state index contributed by atoms with van der Waals surface area (Å²) in [4.78, 5) is 14.3. The molecular weight excluding hydrogens is 312 g/mol. The topological polar surface area (TPSA) is 40.5 Å². The number of hydrogen-bond acceptors (Lipinski definition) is 2. The van der Waals surface area contributed by atoms with Crippen molar-refractivity contribution in [3.8, 4) is 0 Å². The Bertz CT molecular complexity index is 570. The van der Waals surface area contributed by atoms with Gasteiger partial charge < -0.3 is 10.0 Å². The Hall–Kier alpha value is -1.49. The third-order valence-corrected chi connectivity index (χ3v) is 5.40. The van der Waals surface area contributed by atoms with E-state index in [1.165, 1.54) is 12.1 Å². The lowest BCUT2D eigenvalue weighted by atomic mass is 9.71. The highest BCUT2D eigenvalue weighted by Crippen LogP contribution is 2.39. The summed E-state index contributed by atoms with van der Waals surface area (Å²) in [7, 11) is 0. The third kappa shape index (κ3) is 3.94. The number of halogens is 2. The van der Waals surface area contributed by atoms with Gasteiger partial charge in [0.25, 0.3) is 6.43 Å². The Labute approximate surface area is 141 Å². The van der Waals surface area contributed by atoms with Crippen LogP contribution in [-0.2, 0) is 11.2 Å². The van der Waals surface area contributed by atoms with E-state index in [4.69, 9.17) is 0 Å². The zero-order chi connectivity index (χ0) is 17.3. The zero-order valence-corrected chi connectivity index (χ0v) is 14.0. The van der Waals surface area contributed by atoms with Gasteiger partial charge in [-0.15, -0.1) is 0 Å². The molecule has 0 atom stereocenters. The first-order valence-corrected chi connectivity index (χ1v) is 8.72. The van der Waals surface area contributed by atoms with Crippen LogP contribution in [0.4, 0.5) is 8.78 Å². The van der Waals surface area contributed by atoms with Crippen molar-refractivity contribution in [2.45, 2.75) is 51.1 Å². The highest BCUT2D eigenvalue weighted by molar-refractivity contribution is 5.80. The van der Waals surface area contributed by atoms with Crippen LogP contribution in [0.25, 0.3) is 0 Å². The van der Waals surface area contributed by atoms with Crippen molar-refractivity contribution in [3.05, 3.63) is 35.4 Å². The molecule has 0 bridgehead atoms. The highest BCUT2D eigenvalue weighted by Gasteiger charge is 2.44. The molecule has 132 valence electrons. The molecule has 1 amide bonds. The quantitative estimate of drug-likeness (QED) is 0.912. The molecular formula is C19H25F2NO2. The van der Waals surface area contributed by atoms with Gasteiger partial charge in [0.1, 0.15) is 0 Å². The molecule has 5 heteroatoms. The van der Waals surface area contributed by atoms with Gasteiger partial charge in [-0.2, -0.15) is 0 Å². The number of alkyl halides is 2. The third-order valence-electron chi connectivity index (χ3n) is 5.40. The number of likely N-dealkylation sites (tertiary alicyclic amines) is 1. The smallest absolute Gasteiger partial charge is 0.263 e. The van der Waals surface area contributed by atoms with E-state index in [1.807, 2.05) is 4.90 Å². The Morgan fingerprint density at radius 1 is 1.25 bits per heavy atom. The fourth-order valence-electron chi connectivity index (χ4n) is 3.92. The molecule has 1 saturated carbocycles. The monoisotopic (exact) mass is 337 g/mol. The maximum Gasteiger partial charge on any atom is 0.263 e. The van der Waals surface area contributed by atoms with Crippen LogP contribution in [0.3, 0.4) is 0 Å². The minimum Gasteiger partial charge on any atom is -0.390 e. The number of piperidine rings is 1. The zero-order valence-electron chi connectivity index (χ0n) is 14.0. The predicted molar refractivity (Wildman–Crippen MR) is 87.8 cm³/mol. The molecule has 2 fully saturated rings. The maximum atomic E-state index is 12.6. The molecule has 1 aromatic rings. The van der Waals surface area contributed by atoms with E-state index in [0.717, 1.165) is 37.9 Å². The molecule has 0 spiro atoms. The van der Waals surface area contributed by atoms with Crippen molar-refractivity contribution < 1.29 is 18.7 Å². The van der Waals surface area contributed by atoms with Crippen LogP contribution in [0, 0.1) is 11.8 Å². The van der Waals surface area contributed by atoms with E-state index >= 15 is 0 Å². The molecule has 0 aromatic heterocycles. The van der Waals surface area contributed by atoms with Crippen molar-refractivity contribution in [2.24, 2.45) is 11.8 Å². The van der Waals surface area contributed by atoms with Gasteiger partial charge in [-0.1, -0.05) is 24.3 Å². The fraction of sp³-hybridized carbons (Fsp3) is 0.632. The molecule has 2 aliphatic rings. The number of nitrogens with zero attached hydrogens (tertiary/aromatic N) is 1. The molecule has 1 aliphatic carbocycles. The molecule has 1 saturated heterocycles. The molecule has 1 aromatic carbocycles. The molecule has 1 heterocycles. The first kappa shape index (κ1) is 17.3. The summed E-state index contributed by atoms with van der Waals surface area (Å²) in [5.74, 6) is 0.663. The van der Waals surface area contributed by atoms with E-state index < -0.39 is 12.0 Å². The summed E-state index contributed by atoms with van der Waals surface area (Å²) >= 11 is 0. The van der Waals surface area contributed by atoms with Crippen LogP contribution >= 0.6 is 0 Å². The van der Waals surface area contributed by atoms with Gasteiger partial charge in [-0.3, -0.25) is 4.79 Å². The van der Waals surface area contributed by atoms with Crippen LogP contribution in [0.2, 0.25) is 0 Å². The Morgan fingerprint density at radius 2 is 1.83 bits per heavy atom. The van der Waals surface area contributed by atoms with Gasteiger partial charge in [0.05, 0.1) is 5.60 Å². The van der Waals surface area contributed by atoms with Crippen LogP contribution in [0.15, 0.2) is 24.3 Å². The van der Waals surface area contributed by atoms with E-state index in [1.54, 1.807) is 19.1 Å². The van der Waals surface area contributed by atoms with Crippen molar-refractivity contribution in [1.29, 1.82) is 0 Å². The van der Waals surface area contributed by atoms with Gasteiger partial charge in [-0.25, -0.2) is 8.78 Å². The van der Waals surface area contributed by atoms with Crippen LogP contribution in [-0.4, -0.2) is 34.6 Å². The molecule has 3 nitrogen and oxygen atoms in total. The van der Waals surface area contributed by atoms with Crippen molar-refractivity contribution in [3.63, 3.8) is 0 Å². The van der Waals surface area contributed by atoms with Gasteiger partial charge in [0.2, 0.25) is 5.91 Å². The summed E-state index contributed by atoms with van der Waals surface area (Å²) in [6.07, 6.45) is 1.51. The lowest BCUT2D eigenvalue weighted by molar-refractivity contribution is -0.151. The minimum absolute atomic E-state index is 0.0153. The van der Waals surface area contributed by atoms with Crippen LogP contribution in [0.1, 0.15) is 50.2 Å². The van der Waals surface area contributed by atoms with E-state index in [0.29, 0.717) is 18.8 Å². The Balaban J connectivity index is 1.46. The summed E-state index contributed by atoms with van der Waals surface area (Å²) in [6.45, 7) is 3.30. The molecule has 1 N–H and O–H groups in total. The summed E-state index contributed by atoms with van der Waals surface area (Å²) in [5.41, 5.74) is 0.484. The standard InChI is InChI=1S/C19H25F2NO2/c1-19(24)11-16(12-19)18(23)22-8-6-14(7-9-22)10-13-2-4-15(5-3-13)17(20)21/h2-5,14,16-17,24H,6-12H2,1H3/t16-,19+. The van der Waals surface area contributed by atoms with Gasteiger partial charge in [0.15, 0.2) is 0 Å². The lowest BCUT2D eigenvalue weighted by Gasteiger charge is -2.43. The van der Waals surface area contributed by atoms with Crippen LogP contribution in [0.5, 0.6) is 0 Å². The average molecular weight is 337 g/mol. The molecule has 0 unspecified atom stereocenters. The second kappa shape index (κ2) is 6.79. The fourth-order valence-corrected chi connectivity index (χ4v) is 3.92. The highest BCUT2D eigenvalue weighted by atomic mass is 19.3. The summed E-state index contributed by atoms with van der Waals surface area (Å²) < 4.78 is 25.1. The molecule has 1 aliphatic heterocycles. The molecule has 24 heavy (non-hydrogen) atoms. The Kier molecular flexibility index (Phi) is 4.90. The largest absolute Gasteiger partial charge is 0.390 e. The lowest BCUT2D eigenvalue weighted by Crippen LogP contribution is -2.51. The first-order valence-electron chi connectivity index (χ1n) is 8.72. The SMILES string of the molecule is C[C@]1(O)C[C@@H](C(=O)N2CCC(Cc3ccc(C(F)F)cc3)CC2)C1. The number of benzene rings is 1. The number of carbonyl (C=O) groups is 1. The number of hydrogen-bond donors (Lipinski definition) is 1. The number of amides is 1. The maximum absolute atomic E-state index is 12.6. The molecule has 3 rings (SSSR count). The van der Waals surface area contributed by atoms with E-state index in [2.05, 4.69) is 0 Å². The van der Waals surface area contributed by atoms with Crippen molar-refractivity contribution >= 4 is 5.91 Å². The van der Waals surface area contributed by atoms with Gasteiger partial charge in [0, 0.05) is 24.6 Å². The number of rotatable bonds is 4.